The topological polar surface area (TPSA) is 46.5 Å². The molecular formula is C17H18O3. The zero-order chi connectivity index (χ0) is 14.5. The van der Waals surface area contributed by atoms with Crippen molar-refractivity contribution in [2.75, 3.05) is 7.11 Å². The molecule has 2 aromatic carbocycles. The first-order chi connectivity index (χ1) is 9.63. The Morgan fingerprint density at radius 1 is 1.15 bits per heavy atom. The molecule has 20 heavy (non-hydrogen) atoms. The Bertz CT molecular complexity index is 603. The number of esters is 1. The Labute approximate surface area is 118 Å². The standard InChI is InChI=1S/C17H18O3/c1-12-8-9-14(13-6-4-3-5-7-13)15(17(12)19)10-11-16(18)20-2/h3-9,19H,10-11H2,1-2H3. The fourth-order valence-corrected chi connectivity index (χ4v) is 2.22. The van der Waals surface area contributed by atoms with E-state index in [2.05, 4.69) is 4.74 Å². The molecule has 0 bridgehead atoms. The maximum absolute atomic E-state index is 11.3. The summed E-state index contributed by atoms with van der Waals surface area (Å²) in [6, 6.07) is 13.7. The lowest BCUT2D eigenvalue weighted by molar-refractivity contribution is -0.140. The highest BCUT2D eigenvalue weighted by Gasteiger charge is 2.13. The molecule has 0 atom stereocenters. The molecule has 2 rings (SSSR count). The number of ether oxygens (including phenoxy) is 1. The third-order valence-electron chi connectivity index (χ3n) is 3.38. The molecule has 0 aliphatic heterocycles. The summed E-state index contributed by atoms with van der Waals surface area (Å²) in [7, 11) is 1.37. The number of hydrogen-bond donors (Lipinski definition) is 1. The summed E-state index contributed by atoms with van der Waals surface area (Å²) >= 11 is 0. The average molecular weight is 270 g/mol. The molecule has 0 radical (unpaired) electrons. The Balaban J connectivity index is 2.41. The fourth-order valence-electron chi connectivity index (χ4n) is 2.22. The molecule has 0 saturated carbocycles. The van der Waals surface area contributed by atoms with Gasteiger partial charge in [0.1, 0.15) is 5.75 Å². The third kappa shape index (κ3) is 2.99. The molecule has 0 aromatic heterocycles. The van der Waals surface area contributed by atoms with Gasteiger partial charge in [0.05, 0.1) is 7.11 Å². The Morgan fingerprint density at radius 2 is 1.85 bits per heavy atom. The van der Waals surface area contributed by atoms with E-state index in [0.717, 1.165) is 22.3 Å². The van der Waals surface area contributed by atoms with Gasteiger partial charge in [-0.05, 0) is 30.0 Å². The minimum atomic E-state index is -0.273. The summed E-state index contributed by atoms with van der Waals surface area (Å²) in [5.41, 5.74) is 3.59. The number of carbonyl (C=O) groups is 1. The normalized spacial score (nSPS) is 10.3. The molecule has 0 unspecified atom stereocenters. The highest BCUT2D eigenvalue weighted by molar-refractivity contribution is 5.74. The second kappa shape index (κ2) is 6.24. The van der Waals surface area contributed by atoms with Crippen LogP contribution >= 0.6 is 0 Å². The molecule has 1 N–H and O–H groups in total. The highest BCUT2D eigenvalue weighted by atomic mass is 16.5. The van der Waals surface area contributed by atoms with Crippen LogP contribution in [-0.2, 0) is 16.0 Å². The second-order valence-electron chi connectivity index (χ2n) is 4.70. The molecule has 0 fully saturated rings. The minimum absolute atomic E-state index is 0.257. The van der Waals surface area contributed by atoms with Crippen LogP contribution in [0.25, 0.3) is 11.1 Å². The Hall–Kier alpha value is -2.29. The van der Waals surface area contributed by atoms with Crippen molar-refractivity contribution in [3.05, 3.63) is 53.6 Å². The summed E-state index contributed by atoms with van der Waals surface area (Å²) in [6.45, 7) is 1.85. The van der Waals surface area contributed by atoms with Crippen LogP contribution < -0.4 is 0 Å². The molecule has 104 valence electrons. The smallest absolute Gasteiger partial charge is 0.305 e. The maximum atomic E-state index is 11.3. The molecular weight excluding hydrogens is 252 g/mol. The predicted octanol–water partition coefficient (Wildman–Crippen LogP) is 3.47. The largest absolute Gasteiger partial charge is 0.507 e. The quantitative estimate of drug-likeness (QED) is 0.865. The van der Waals surface area contributed by atoms with Crippen LogP contribution in [0.15, 0.2) is 42.5 Å². The van der Waals surface area contributed by atoms with E-state index < -0.39 is 0 Å². The molecule has 0 heterocycles. The van der Waals surface area contributed by atoms with E-state index in [1.54, 1.807) is 0 Å². The second-order valence-corrected chi connectivity index (χ2v) is 4.70. The third-order valence-corrected chi connectivity index (χ3v) is 3.38. The molecule has 0 saturated heterocycles. The van der Waals surface area contributed by atoms with E-state index in [-0.39, 0.29) is 18.1 Å². The Morgan fingerprint density at radius 3 is 2.50 bits per heavy atom. The van der Waals surface area contributed by atoms with Gasteiger partial charge < -0.3 is 9.84 Å². The van der Waals surface area contributed by atoms with E-state index in [4.69, 9.17) is 0 Å². The monoisotopic (exact) mass is 270 g/mol. The van der Waals surface area contributed by atoms with Crippen LogP contribution in [0.1, 0.15) is 17.5 Å². The first kappa shape index (κ1) is 14.1. The first-order valence-electron chi connectivity index (χ1n) is 6.57. The van der Waals surface area contributed by atoms with Crippen LogP contribution in [0, 0.1) is 6.92 Å². The molecule has 2 aromatic rings. The van der Waals surface area contributed by atoms with Crippen molar-refractivity contribution in [1.29, 1.82) is 0 Å². The van der Waals surface area contributed by atoms with Crippen molar-refractivity contribution in [2.45, 2.75) is 19.8 Å². The lowest BCUT2D eigenvalue weighted by Crippen LogP contribution is -2.03. The summed E-state index contributed by atoms with van der Waals surface area (Å²) < 4.78 is 4.67. The lowest BCUT2D eigenvalue weighted by atomic mass is 9.94. The molecule has 3 heteroatoms. The van der Waals surface area contributed by atoms with Crippen molar-refractivity contribution < 1.29 is 14.6 Å². The molecule has 0 aliphatic carbocycles. The number of carbonyl (C=O) groups excluding carboxylic acids is 1. The van der Waals surface area contributed by atoms with Gasteiger partial charge in [0.15, 0.2) is 0 Å². The number of benzene rings is 2. The van der Waals surface area contributed by atoms with Crippen LogP contribution in [0.3, 0.4) is 0 Å². The van der Waals surface area contributed by atoms with Crippen LogP contribution in [0.2, 0.25) is 0 Å². The molecule has 0 spiro atoms. The summed E-state index contributed by atoms with van der Waals surface area (Å²) in [5.74, 6) is -0.0137. The van der Waals surface area contributed by atoms with Gasteiger partial charge >= 0.3 is 5.97 Å². The van der Waals surface area contributed by atoms with E-state index in [9.17, 15) is 9.90 Å². The van der Waals surface area contributed by atoms with Gasteiger partial charge in [0.2, 0.25) is 0 Å². The first-order valence-corrected chi connectivity index (χ1v) is 6.57. The number of phenolic OH excluding ortho intramolecular Hbond substituents is 1. The summed E-state index contributed by atoms with van der Waals surface area (Å²) in [6.07, 6.45) is 0.720. The van der Waals surface area contributed by atoms with Crippen molar-refractivity contribution in [3.8, 4) is 16.9 Å². The summed E-state index contributed by atoms with van der Waals surface area (Å²) in [5, 5.41) is 10.3. The minimum Gasteiger partial charge on any atom is -0.507 e. The maximum Gasteiger partial charge on any atom is 0.305 e. The zero-order valence-corrected chi connectivity index (χ0v) is 11.7. The molecule has 0 amide bonds. The average Bonchev–Trinajstić information content (AvgIpc) is 2.49. The van der Waals surface area contributed by atoms with Gasteiger partial charge in [-0.1, -0.05) is 42.5 Å². The molecule has 0 aliphatic rings. The van der Waals surface area contributed by atoms with Crippen LogP contribution in [0.4, 0.5) is 0 Å². The SMILES string of the molecule is COC(=O)CCc1c(-c2ccccc2)ccc(C)c1O. The van der Waals surface area contributed by atoms with E-state index in [1.807, 2.05) is 49.4 Å². The van der Waals surface area contributed by atoms with Crippen molar-refractivity contribution in [2.24, 2.45) is 0 Å². The van der Waals surface area contributed by atoms with Crippen molar-refractivity contribution in [1.82, 2.24) is 0 Å². The lowest BCUT2D eigenvalue weighted by Gasteiger charge is -2.13. The van der Waals surface area contributed by atoms with Crippen LogP contribution in [0.5, 0.6) is 5.75 Å². The number of aryl methyl sites for hydroxylation is 1. The highest BCUT2D eigenvalue weighted by Crippen LogP contribution is 2.33. The predicted molar refractivity (Wildman–Crippen MR) is 78.6 cm³/mol. The number of methoxy groups -OCH3 is 1. The van der Waals surface area contributed by atoms with E-state index >= 15 is 0 Å². The van der Waals surface area contributed by atoms with E-state index in [0.29, 0.717) is 6.42 Å². The van der Waals surface area contributed by atoms with Gasteiger partial charge in [0.25, 0.3) is 0 Å². The van der Waals surface area contributed by atoms with Gasteiger partial charge in [-0.2, -0.15) is 0 Å². The summed E-state index contributed by atoms with van der Waals surface area (Å²) in [4.78, 5) is 11.3. The molecule has 3 nitrogen and oxygen atoms in total. The Kier molecular flexibility index (Phi) is 4.41. The number of hydrogen-bond acceptors (Lipinski definition) is 3. The zero-order valence-electron chi connectivity index (χ0n) is 11.7. The number of aromatic hydroxyl groups is 1. The van der Waals surface area contributed by atoms with Gasteiger partial charge in [-0.3, -0.25) is 4.79 Å². The van der Waals surface area contributed by atoms with Crippen LogP contribution in [-0.4, -0.2) is 18.2 Å². The van der Waals surface area contributed by atoms with Crippen molar-refractivity contribution >= 4 is 5.97 Å². The van der Waals surface area contributed by atoms with Gasteiger partial charge in [-0.25, -0.2) is 0 Å². The number of phenols is 1. The van der Waals surface area contributed by atoms with Gasteiger partial charge in [-0.15, -0.1) is 0 Å². The fraction of sp³-hybridized carbons (Fsp3) is 0.235. The van der Waals surface area contributed by atoms with E-state index in [1.165, 1.54) is 7.11 Å². The number of rotatable bonds is 4. The van der Waals surface area contributed by atoms with Crippen molar-refractivity contribution in [3.63, 3.8) is 0 Å². The van der Waals surface area contributed by atoms with Gasteiger partial charge in [0, 0.05) is 12.0 Å².